The van der Waals surface area contributed by atoms with E-state index in [2.05, 4.69) is 49.9 Å². The number of morpholine rings is 1. The van der Waals surface area contributed by atoms with Crippen LogP contribution >= 0.6 is 0 Å². The molecule has 0 radical (unpaired) electrons. The zero-order chi connectivity index (χ0) is 13.2. The van der Waals surface area contributed by atoms with E-state index in [9.17, 15) is 0 Å². The van der Waals surface area contributed by atoms with E-state index in [0.717, 1.165) is 26.2 Å². The molecular formula is C15H24N2O. The minimum Gasteiger partial charge on any atom is -0.377 e. The highest BCUT2D eigenvalue weighted by atomic mass is 16.5. The van der Waals surface area contributed by atoms with Crippen molar-refractivity contribution in [3.05, 3.63) is 29.8 Å². The first-order valence-electron chi connectivity index (χ1n) is 6.76. The number of nitrogens with zero attached hydrogens (tertiary/aromatic N) is 1. The highest BCUT2D eigenvalue weighted by molar-refractivity contribution is 5.57. The fourth-order valence-corrected chi connectivity index (χ4v) is 2.57. The number of anilines is 1. The summed E-state index contributed by atoms with van der Waals surface area (Å²) >= 11 is 0. The maximum atomic E-state index is 6.23. The van der Waals surface area contributed by atoms with Gasteiger partial charge in [0.25, 0.3) is 0 Å². The number of rotatable bonds is 3. The quantitative estimate of drug-likeness (QED) is 0.894. The van der Waals surface area contributed by atoms with Crippen LogP contribution in [0.4, 0.5) is 5.69 Å². The molecule has 1 saturated heterocycles. The Hall–Kier alpha value is -1.06. The Balaban J connectivity index is 2.37. The molecule has 1 aliphatic rings. The van der Waals surface area contributed by atoms with E-state index in [1.807, 2.05) is 0 Å². The first-order valence-corrected chi connectivity index (χ1v) is 6.76. The van der Waals surface area contributed by atoms with Crippen LogP contribution in [0.3, 0.4) is 0 Å². The molecule has 1 heterocycles. The van der Waals surface area contributed by atoms with E-state index in [1.54, 1.807) is 0 Å². The van der Waals surface area contributed by atoms with Gasteiger partial charge in [0.2, 0.25) is 0 Å². The summed E-state index contributed by atoms with van der Waals surface area (Å²) in [5.74, 6) is 0. The SMILES string of the molecule is CC[C@H](N)c1ccccc1N1CCOCC1(C)C. The molecule has 1 aromatic rings. The van der Waals surface area contributed by atoms with Crippen molar-refractivity contribution in [2.45, 2.75) is 38.8 Å². The van der Waals surface area contributed by atoms with Crippen LogP contribution in [0.2, 0.25) is 0 Å². The van der Waals surface area contributed by atoms with Crippen LogP contribution in [0, 0.1) is 0 Å². The Bertz CT molecular complexity index is 403. The first-order chi connectivity index (χ1) is 8.56. The number of para-hydroxylation sites is 1. The summed E-state index contributed by atoms with van der Waals surface area (Å²) in [6.07, 6.45) is 0.960. The smallest absolute Gasteiger partial charge is 0.0694 e. The Morgan fingerprint density at radius 2 is 2.11 bits per heavy atom. The second-order valence-electron chi connectivity index (χ2n) is 5.59. The minimum atomic E-state index is 0.0296. The third kappa shape index (κ3) is 2.52. The molecule has 0 spiro atoms. The van der Waals surface area contributed by atoms with Gasteiger partial charge in [-0.2, -0.15) is 0 Å². The fourth-order valence-electron chi connectivity index (χ4n) is 2.57. The molecule has 3 nitrogen and oxygen atoms in total. The second kappa shape index (κ2) is 5.29. The van der Waals surface area contributed by atoms with Crippen molar-refractivity contribution in [1.82, 2.24) is 0 Å². The molecule has 0 unspecified atom stereocenters. The molecule has 100 valence electrons. The molecule has 1 atom stereocenters. The molecule has 0 saturated carbocycles. The molecule has 0 aromatic heterocycles. The lowest BCUT2D eigenvalue weighted by Gasteiger charge is -2.45. The maximum absolute atomic E-state index is 6.23. The van der Waals surface area contributed by atoms with E-state index in [-0.39, 0.29) is 11.6 Å². The number of ether oxygens (including phenoxy) is 1. The summed E-state index contributed by atoms with van der Waals surface area (Å²) in [6.45, 7) is 9.06. The van der Waals surface area contributed by atoms with Gasteiger partial charge in [-0.3, -0.25) is 0 Å². The minimum absolute atomic E-state index is 0.0296. The molecule has 2 N–H and O–H groups in total. The van der Waals surface area contributed by atoms with Crippen molar-refractivity contribution in [2.24, 2.45) is 5.73 Å². The Morgan fingerprint density at radius 3 is 2.78 bits per heavy atom. The normalized spacial score (nSPS) is 20.8. The highest BCUT2D eigenvalue weighted by Gasteiger charge is 2.32. The Morgan fingerprint density at radius 1 is 1.39 bits per heavy atom. The molecule has 2 rings (SSSR count). The lowest BCUT2D eigenvalue weighted by Crippen LogP contribution is -2.53. The summed E-state index contributed by atoms with van der Waals surface area (Å²) in [7, 11) is 0. The molecule has 0 aliphatic carbocycles. The fraction of sp³-hybridized carbons (Fsp3) is 0.600. The zero-order valence-electron chi connectivity index (χ0n) is 11.6. The van der Waals surface area contributed by atoms with Crippen LogP contribution in [-0.2, 0) is 4.74 Å². The molecule has 0 bridgehead atoms. The molecule has 3 heteroatoms. The number of hydrogen-bond acceptors (Lipinski definition) is 3. The van der Waals surface area contributed by atoms with Crippen molar-refractivity contribution in [1.29, 1.82) is 0 Å². The van der Waals surface area contributed by atoms with Crippen molar-refractivity contribution in [3.8, 4) is 0 Å². The van der Waals surface area contributed by atoms with Crippen LogP contribution in [0.1, 0.15) is 38.8 Å². The monoisotopic (exact) mass is 248 g/mol. The zero-order valence-corrected chi connectivity index (χ0v) is 11.6. The van der Waals surface area contributed by atoms with Gasteiger partial charge in [0.1, 0.15) is 0 Å². The van der Waals surface area contributed by atoms with E-state index in [0.29, 0.717) is 0 Å². The predicted molar refractivity (Wildman–Crippen MR) is 75.9 cm³/mol. The van der Waals surface area contributed by atoms with Gasteiger partial charge >= 0.3 is 0 Å². The molecule has 0 amide bonds. The Kier molecular flexibility index (Phi) is 3.93. The molecular weight excluding hydrogens is 224 g/mol. The number of nitrogens with two attached hydrogens (primary N) is 1. The van der Waals surface area contributed by atoms with E-state index in [1.165, 1.54) is 11.3 Å². The van der Waals surface area contributed by atoms with E-state index in [4.69, 9.17) is 10.5 Å². The topological polar surface area (TPSA) is 38.5 Å². The van der Waals surface area contributed by atoms with Gasteiger partial charge in [0, 0.05) is 18.3 Å². The van der Waals surface area contributed by atoms with Gasteiger partial charge in [0.05, 0.1) is 18.8 Å². The van der Waals surface area contributed by atoms with Crippen LogP contribution < -0.4 is 10.6 Å². The van der Waals surface area contributed by atoms with Gasteiger partial charge in [-0.15, -0.1) is 0 Å². The third-order valence-corrected chi connectivity index (χ3v) is 3.71. The number of benzene rings is 1. The summed E-state index contributed by atoms with van der Waals surface area (Å²) in [4.78, 5) is 2.43. The van der Waals surface area contributed by atoms with Gasteiger partial charge in [0.15, 0.2) is 0 Å². The average molecular weight is 248 g/mol. The van der Waals surface area contributed by atoms with Crippen LogP contribution in [-0.4, -0.2) is 25.3 Å². The molecule has 1 aromatic carbocycles. The summed E-state index contributed by atoms with van der Waals surface area (Å²) in [6, 6.07) is 8.60. The summed E-state index contributed by atoms with van der Waals surface area (Å²) < 4.78 is 5.59. The summed E-state index contributed by atoms with van der Waals surface area (Å²) in [5, 5.41) is 0. The first kappa shape index (κ1) is 13.4. The van der Waals surface area contributed by atoms with E-state index >= 15 is 0 Å². The van der Waals surface area contributed by atoms with Gasteiger partial charge in [-0.25, -0.2) is 0 Å². The van der Waals surface area contributed by atoms with Crippen molar-refractivity contribution in [2.75, 3.05) is 24.7 Å². The van der Waals surface area contributed by atoms with Crippen LogP contribution in [0.25, 0.3) is 0 Å². The standard InChI is InChI=1S/C15H24N2O/c1-4-13(16)12-7-5-6-8-14(12)17-9-10-18-11-15(17,2)3/h5-8,13H,4,9-11,16H2,1-3H3/t13-/m0/s1. The molecule has 1 aliphatic heterocycles. The van der Waals surface area contributed by atoms with Crippen LogP contribution in [0.15, 0.2) is 24.3 Å². The maximum Gasteiger partial charge on any atom is 0.0694 e. The van der Waals surface area contributed by atoms with Crippen molar-refractivity contribution in [3.63, 3.8) is 0 Å². The largest absolute Gasteiger partial charge is 0.377 e. The predicted octanol–water partition coefficient (Wildman–Crippen LogP) is 2.71. The summed E-state index contributed by atoms with van der Waals surface area (Å²) in [5.41, 5.74) is 8.77. The Labute approximate surface area is 110 Å². The molecule has 1 fully saturated rings. The average Bonchev–Trinajstić information content (AvgIpc) is 2.37. The second-order valence-corrected chi connectivity index (χ2v) is 5.59. The van der Waals surface area contributed by atoms with Gasteiger partial charge in [-0.1, -0.05) is 25.1 Å². The van der Waals surface area contributed by atoms with Gasteiger partial charge < -0.3 is 15.4 Å². The van der Waals surface area contributed by atoms with Gasteiger partial charge in [-0.05, 0) is 31.9 Å². The van der Waals surface area contributed by atoms with E-state index < -0.39 is 0 Å². The lowest BCUT2D eigenvalue weighted by atomic mass is 9.96. The third-order valence-electron chi connectivity index (χ3n) is 3.71. The molecule has 18 heavy (non-hydrogen) atoms. The lowest BCUT2D eigenvalue weighted by molar-refractivity contribution is 0.0642. The number of hydrogen-bond donors (Lipinski definition) is 1. The highest BCUT2D eigenvalue weighted by Crippen LogP contribution is 2.33. The van der Waals surface area contributed by atoms with Crippen molar-refractivity contribution >= 4 is 5.69 Å². The van der Waals surface area contributed by atoms with Crippen molar-refractivity contribution < 1.29 is 4.74 Å². The van der Waals surface area contributed by atoms with Crippen LogP contribution in [0.5, 0.6) is 0 Å².